The maximum absolute atomic E-state index is 10.9. The normalized spacial score (nSPS) is 10.6. The van der Waals surface area contributed by atoms with Crippen LogP contribution in [0.1, 0.15) is 21.5 Å². The molecule has 1 aromatic carbocycles. The van der Waals surface area contributed by atoms with Crippen LogP contribution in [0, 0.1) is 0 Å². The number of hydrogen-bond donors (Lipinski definition) is 1. The molecule has 98 valence electrons. The molecule has 0 bridgehead atoms. The van der Waals surface area contributed by atoms with Crippen molar-refractivity contribution in [2.24, 2.45) is 0 Å². The van der Waals surface area contributed by atoms with Crippen molar-refractivity contribution in [1.29, 1.82) is 0 Å². The molecule has 0 amide bonds. The minimum absolute atomic E-state index is 0.326. The Balaban J connectivity index is 2.01. The Morgan fingerprint density at radius 3 is 2.63 bits per heavy atom. The van der Waals surface area contributed by atoms with E-state index >= 15 is 0 Å². The number of rotatable bonds is 5. The van der Waals surface area contributed by atoms with Crippen molar-refractivity contribution >= 4 is 5.97 Å². The number of carboxylic acids is 1. The Morgan fingerprint density at radius 2 is 1.95 bits per heavy atom. The van der Waals surface area contributed by atoms with Gasteiger partial charge in [0.05, 0.1) is 5.56 Å². The summed E-state index contributed by atoms with van der Waals surface area (Å²) in [6.07, 6.45) is 3.59. The summed E-state index contributed by atoms with van der Waals surface area (Å²) >= 11 is 0. The number of carbonyl (C=O) groups is 1. The third kappa shape index (κ3) is 3.89. The lowest BCUT2D eigenvalue weighted by Crippen LogP contribution is -2.17. The van der Waals surface area contributed by atoms with Gasteiger partial charge in [0.2, 0.25) is 0 Å². The van der Waals surface area contributed by atoms with Crippen LogP contribution in [0.25, 0.3) is 0 Å². The molecule has 4 heteroatoms. The summed E-state index contributed by atoms with van der Waals surface area (Å²) in [5, 5.41) is 8.96. The average Bonchev–Trinajstić information content (AvgIpc) is 2.40. The molecule has 1 N–H and O–H groups in total. The van der Waals surface area contributed by atoms with Crippen LogP contribution < -0.4 is 0 Å². The Hall–Kier alpha value is -2.20. The van der Waals surface area contributed by atoms with Gasteiger partial charge in [-0.3, -0.25) is 9.88 Å². The molecule has 0 saturated heterocycles. The predicted molar refractivity (Wildman–Crippen MR) is 72.8 cm³/mol. The molecule has 19 heavy (non-hydrogen) atoms. The highest BCUT2D eigenvalue weighted by Crippen LogP contribution is 2.10. The number of carboxylic acid groups (broad SMARTS) is 1. The monoisotopic (exact) mass is 256 g/mol. The standard InChI is InChI=1S/C15H16N2O2/c1-17(11-13-5-3-7-16-9-13)10-12-4-2-6-14(8-12)15(18)19/h2-9H,10-11H2,1H3,(H,18,19). The lowest BCUT2D eigenvalue weighted by atomic mass is 10.1. The zero-order chi connectivity index (χ0) is 13.7. The minimum Gasteiger partial charge on any atom is -0.478 e. The number of aromatic nitrogens is 1. The van der Waals surface area contributed by atoms with Gasteiger partial charge in [0.25, 0.3) is 0 Å². The van der Waals surface area contributed by atoms with Crippen molar-refractivity contribution in [3.63, 3.8) is 0 Å². The molecule has 0 aliphatic carbocycles. The van der Waals surface area contributed by atoms with E-state index in [-0.39, 0.29) is 0 Å². The van der Waals surface area contributed by atoms with Crippen LogP contribution in [0.4, 0.5) is 0 Å². The van der Waals surface area contributed by atoms with E-state index in [1.807, 2.05) is 31.4 Å². The van der Waals surface area contributed by atoms with E-state index in [1.165, 1.54) is 0 Å². The Morgan fingerprint density at radius 1 is 1.21 bits per heavy atom. The molecule has 2 aromatic rings. The van der Waals surface area contributed by atoms with Crippen LogP contribution in [-0.2, 0) is 13.1 Å². The maximum Gasteiger partial charge on any atom is 0.335 e. The van der Waals surface area contributed by atoms with Gasteiger partial charge >= 0.3 is 5.97 Å². The number of pyridine rings is 1. The molecule has 2 rings (SSSR count). The molecule has 0 unspecified atom stereocenters. The lowest BCUT2D eigenvalue weighted by molar-refractivity contribution is 0.0696. The molecule has 0 fully saturated rings. The Kier molecular flexibility index (Phi) is 4.26. The van der Waals surface area contributed by atoms with Gasteiger partial charge in [-0.1, -0.05) is 18.2 Å². The molecule has 1 aromatic heterocycles. The summed E-state index contributed by atoms with van der Waals surface area (Å²) in [7, 11) is 2.00. The second-order valence-electron chi connectivity index (χ2n) is 4.54. The first-order valence-electron chi connectivity index (χ1n) is 6.05. The summed E-state index contributed by atoms with van der Waals surface area (Å²) in [6.45, 7) is 1.49. The van der Waals surface area contributed by atoms with E-state index in [2.05, 4.69) is 9.88 Å². The van der Waals surface area contributed by atoms with Gasteiger partial charge in [0, 0.05) is 25.5 Å². The third-order valence-electron chi connectivity index (χ3n) is 2.80. The maximum atomic E-state index is 10.9. The highest BCUT2D eigenvalue weighted by molar-refractivity contribution is 5.87. The summed E-state index contributed by atoms with van der Waals surface area (Å²) in [4.78, 5) is 17.1. The van der Waals surface area contributed by atoms with E-state index in [9.17, 15) is 4.79 Å². The van der Waals surface area contributed by atoms with Gasteiger partial charge in [-0.05, 0) is 36.4 Å². The molecule has 0 aliphatic rings. The molecule has 0 aliphatic heterocycles. The third-order valence-corrected chi connectivity index (χ3v) is 2.80. The summed E-state index contributed by atoms with van der Waals surface area (Å²) in [5.41, 5.74) is 2.46. The summed E-state index contributed by atoms with van der Waals surface area (Å²) < 4.78 is 0. The smallest absolute Gasteiger partial charge is 0.335 e. The molecule has 4 nitrogen and oxygen atoms in total. The minimum atomic E-state index is -0.892. The topological polar surface area (TPSA) is 53.4 Å². The Bertz CT molecular complexity index is 555. The molecule has 0 radical (unpaired) electrons. The summed E-state index contributed by atoms with van der Waals surface area (Å²) in [6, 6.07) is 11.0. The van der Waals surface area contributed by atoms with Crippen LogP contribution in [-0.4, -0.2) is 28.0 Å². The van der Waals surface area contributed by atoms with E-state index in [0.717, 1.165) is 17.7 Å². The molecular weight excluding hydrogens is 240 g/mol. The van der Waals surface area contributed by atoms with Crippen LogP contribution in [0.3, 0.4) is 0 Å². The molecule has 0 spiro atoms. The van der Waals surface area contributed by atoms with Gasteiger partial charge in [0.1, 0.15) is 0 Å². The van der Waals surface area contributed by atoms with E-state index in [1.54, 1.807) is 24.4 Å². The first-order chi connectivity index (χ1) is 9.15. The molecule has 0 atom stereocenters. The van der Waals surface area contributed by atoms with Crippen molar-refractivity contribution in [3.05, 3.63) is 65.5 Å². The van der Waals surface area contributed by atoms with Crippen LogP contribution in [0.5, 0.6) is 0 Å². The van der Waals surface area contributed by atoms with E-state index in [0.29, 0.717) is 12.1 Å². The first kappa shape index (κ1) is 13.2. The number of hydrogen-bond acceptors (Lipinski definition) is 3. The molecule has 0 saturated carbocycles. The zero-order valence-corrected chi connectivity index (χ0v) is 10.8. The van der Waals surface area contributed by atoms with E-state index < -0.39 is 5.97 Å². The van der Waals surface area contributed by atoms with Crippen LogP contribution >= 0.6 is 0 Å². The van der Waals surface area contributed by atoms with Crippen molar-refractivity contribution in [2.75, 3.05) is 7.05 Å². The lowest BCUT2D eigenvalue weighted by Gasteiger charge is -2.16. The SMILES string of the molecule is CN(Cc1cccnc1)Cc1cccc(C(=O)O)c1. The quantitative estimate of drug-likeness (QED) is 0.892. The number of aromatic carboxylic acids is 1. The van der Waals surface area contributed by atoms with Gasteiger partial charge < -0.3 is 5.11 Å². The number of benzene rings is 1. The van der Waals surface area contributed by atoms with Gasteiger partial charge in [-0.25, -0.2) is 4.79 Å². The fourth-order valence-corrected chi connectivity index (χ4v) is 1.97. The van der Waals surface area contributed by atoms with Crippen LogP contribution in [0.15, 0.2) is 48.8 Å². The van der Waals surface area contributed by atoms with Crippen molar-refractivity contribution < 1.29 is 9.90 Å². The highest BCUT2D eigenvalue weighted by atomic mass is 16.4. The summed E-state index contributed by atoms with van der Waals surface area (Å²) in [5.74, 6) is -0.892. The van der Waals surface area contributed by atoms with Crippen molar-refractivity contribution in [3.8, 4) is 0 Å². The van der Waals surface area contributed by atoms with Gasteiger partial charge in [0.15, 0.2) is 0 Å². The fraction of sp³-hybridized carbons (Fsp3) is 0.200. The predicted octanol–water partition coefficient (Wildman–Crippen LogP) is 2.41. The second-order valence-corrected chi connectivity index (χ2v) is 4.54. The largest absolute Gasteiger partial charge is 0.478 e. The molecule has 1 heterocycles. The first-order valence-corrected chi connectivity index (χ1v) is 6.05. The van der Waals surface area contributed by atoms with E-state index in [4.69, 9.17) is 5.11 Å². The zero-order valence-electron chi connectivity index (χ0n) is 10.8. The van der Waals surface area contributed by atoms with Gasteiger partial charge in [-0.15, -0.1) is 0 Å². The fourth-order valence-electron chi connectivity index (χ4n) is 1.97. The van der Waals surface area contributed by atoms with Crippen molar-refractivity contribution in [2.45, 2.75) is 13.1 Å². The second kappa shape index (κ2) is 6.11. The van der Waals surface area contributed by atoms with Crippen LogP contribution in [0.2, 0.25) is 0 Å². The average molecular weight is 256 g/mol. The van der Waals surface area contributed by atoms with Gasteiger partial charge in [-0.2, -0.15) is 0 Å². The van der Waals surface area contributed by atoms with Crippen molar-refractivity contribution in [1.82, 2.24) is 9.88 Å². The Labute approximate surface area is 112 Å². The number of nitrogens with zero attached hydrogens (tertiary/aromatic N) is 2. The molecular formula is C15H16N2O2. The highest BCUT2D eigenvalue weighted by Gasteiger charge is 2.06.